The quantitative estimate of drug-likeness (QED) is 0.861. The smallest absolute Gasteiger partial charge is 0.323 e. The van der Waals surface area contributed by atoms with Crippen LogP contribution in [-0.2, 0) is 9.84 Å². The maximum absolute atomic E-state index is 12.7. The summed E-state index contributed by atoms with van der Waals surface area (Å²) in [4.78, 5) is 14.0. The molecule has 0 radical (unpaired) electrons. The first kappa shape index (κ1) is 17.2. The molecule has 124 valence electrons. The Morgan fingerprint density at radius 3 is 2.39 bits per heavy atom. The van der Waals surface area contributed by atoms with Gasteiger partial charge in [0, 0.05) is 19.3 Å². The van der Waals surface area contributed by atoms with Crippen LogP contribution in [0.15, 0.2) is 40.4 Å². The molecular weight excluding hydrogens is 314 g/mol. The standard InChI is InChI=1S/C16H21N3O3S/c1-5-18(6-2)16(20)19-10-9-15(17-19)23(21,22)14-8-7-12(3)11-13(14)4/h7-11H,5-6H2,1-4H3. The zero-order valence-corrected chi connectivity index (χ0v) is 14.6. The highest BCUT2D eigenvalue weighted by Crippen LogP contribution is 2.23. The summed E-state index contributed by atoms with van der Waals surface area (Å²) < 4.78 is 26.5. The molecule has 0 saturated heterocycles. The van der Waals surface area contributed by atoms with Gasteiger partial charge in [-0.15, -0.1) is 0 Å². The monoisotopic (exact) mass is 335 g/mol. The number of hydrogen-bond donors (Lipinski definition) is 0. The van der Waals surface area contributed by atoms with Crippen molar-refractivity contribution in [3.05, 3.63) is 41.6 Å². The van der Waals surface area contributed by atoms with Crippen LogP contribution in [0.2, 0.25) is 0 Å². The van der Waals surface area contributed by atoms with Crippen LogP contribution >= 0.6 is 0 Å². The topological polar surface area (TPSA) is 72.3 Å². The second-order valence-corrected chi connectivity index (χ2v) is 7.19. The van der Waals surface area contributed by atoms with Crippen molar-refractivity contribution in [2.75, 3.05) is 13.1 Å². The van der Waals surface area contributed by atoms with Crippen LogP contribution in [0.3, 0.4) is 0 Å². The number of aryl methyl sites for hydroxylation is 2. The Bertz CT molecular complexity index is 821. The molecule has 0 bridgehead atoms. The van der Waals surface area contributed by atoms with Crippen molar-refractivity contribution in [3.63, 3.8) is 0 Å². The van der Waals surface area contributed by atoms with Crippen LogP contribution in [0.4, 0.5) is 4.79 Å². The summed E-state index contributed by atoms with van der Waals surface area (Å²) in [6.45, 7) is 8.44. The van der Waals surface area contributed by atoms with Crippen molar-refractivity contribution in [2.45, 2.75) is 37.6 Å². The lowest BCUT2D eigenvalue weighted by molar-refractivity contribution is 0.201. The van der Waals surface area contributed by atoms with Crippen molar-refractivity contribution in [1.29, 1.82) is 0 Å². The number of nitrogens with zero attached hydrogens (tertiary/aromatic N) is 3. The van der Waals surface area contributed by atoms with Crippen molar-refractivity contribution >= 4 is 15.9 Å². The first-order valence-electron chi connectivity index (χ1n) is 7.48. The number of benzene rings is 1. The van der Waals surface area contributed by atoms with Crippen LogP contribution in [-0.4, -0.2) is 42.2 Å². The number of hydrogen-bond acceptors (Lipinski definition) is 4. The van der Waals surface area contributed by atoms with Gasteiger partial charge in [-0.2, -0.15) is 9.78 Å². The van der Waals surface area contributed by atoms with E-state index in [9.17, 15) is 13.2 Å². The summed E-state index contributed by atoms with van der Waals surface area (Å²) in [6.07, 6.45) is 1.39. The Hall–Kier alpha value is -2.15. The van der Waals surface area contributed by atoms with E-state index in [1.165, 1.54) is 12.3 Å². The lowest BCUT2D eigenvalue weighted by atomic mass is 10.2. The number of carbonyl (C=O) groups excluding carboxylic acids is 1. The van der Waals surface area contributed by atoms with Gasteiger partial charge in [-0.05, 0) is 45.4 Å². The molecule has 2 rings (SSSR count). The van der Waals surface area contributed by atoms with Gasteiger partial charge < -0.3 is 4.90 Å². The van der Waals surface area contributed by atoms with E-state index in [1.807, 2.05) is 26.8 Å². The predicted molar refractivity (Wildman–Crippen MR) is 87.3 cm³/mol. The number of rotatable bonds is 4. The summed E-state index contributed by atoms with van der Waals surface area (Å²) in [5.74, 6) is 0. The van der Waals surface area contributed by atoms with E-state index in [0.717, 1.165) is 10.2 Å². The van der Waals surface area contributed by atoms with Crippen molar-refractivity contribution in [1.82, 2.24) is 14.7 Å². The van der Waals surface area contributed by atoms with Crippen molar-refractivity contribution < 1.29 is 13.2 Å². The number of amides is 1. The Morgan fingerprint density at radius 1 is 1.17 bits per heavy atom. The summed E-state index contributed by atoms with van der Waals surface area (Å²) in [6, 6.07) is 6.15. The van der Waals surface area contributed by atoms with E-state index >= 15 is 0 Å². The van der Waals surface area contributed by atoms with Crippen LogP contribution in [0.5, 0.6) is 0 Å². The molecule has 23 heavy (non-hydrogen) atoms. The van der Waals surface area contributed by atoms with Gasteiger partial charge in [0.15, 0.2) is 5.03 Å². The fourth-order valence-corrected chi connectivity index (χ4v) is 3.80. The molecule has 0 fully saturated rings. The third-order valence-corrected chi connectivity index (χ3v) is 5.50. The van der Waals surface area contributed by atoms with E-state index in [1.54, 1.807) is 24.0 Å². The first-order chi connectivity index (χ1) is 10.8. The summed E-state index contributed by atoms with van der Waals surface area (Å²) >= 11 is 0. The van der Waals surface area contributed by atoms with E-state index in [2.05, 4.69) is 5.10 Å². The highest BCUT2D eigenvalue weighted by Gasteiger charge is 2.24. The molecule has 0 aliphatic carbocycles. The molecule has 1 aromatic heterocycles. The Balaban J connectivity index is 2.41. The summed E-state index contributed by atoms with van der Waals surface area (Å²) in [7, 11) is -3.74. The molecule has 2 aromatic rings. The van der Waals surface area contributed by atoms with Gasteiger partial charge in [-0.1, -0.05) is 17.7 Å². The minimum atomic E-state index is -3.74. The molecule has 0 saturated carbocycles. The largest absolute Gasteiger partial charge is 0.344 e. The van der Waals surface area contributed by atoms with Crippen LogP contribution in [0, 0.1) is 13.8 Å². The Labute approximate surface area is 136 Å². The minimum Gasteiger partial charge on any atom is -0.323 e. The summed E-state index contributed by atoms with van der Waals surface area (Å²) in [5.41, 5.74) is 1.65. The molecule has 7 heteroatoms. The van der Waals surface area contributed by atoms with Gasteiger partial charge in [0.1, 0.15) is 0 Å². The highest BCUT2D eigenvalue weighted by atomic mass is 32.2. The van der Waals surface area contributed by atoms with Gasteiger partial charge >= 0.3 is 6.03 Å². The third kappa shape index (κ3) is 3.29. The van der Waals surface area contributed by atoms with Crippen LogP contribution in [0.25, 0.3) is 0 Å². The maximum Gasteiger partial charge on any atom is 0.344 e. The Kier molecular flexibility index (Phi) is 4.89. The third-order valence-electron chi connectivity index (χ3n) is 3.69. The van der Waals surface area contributed by atoms with E-state index < -0.39 is 9.84 Å². The van der Waals surface area contributed by atoms with Gasteiger partial charge in [-0.3, -0.25) is 0 Å². The van der Waals surface area contributed by atoms with E-state index in [-0.39, 0.29) is 16.0 Å². The van der Waals surface area contributed by atoms with Gasteiger partial charge in [-0.25, -0.2) is 13.2 Å². The number of sulfone groups is 1. The predicted octanol–water partition coefficient (Wildman–Crippen LogP) is 2.64. The fourth-order valence-electron chi connectivity index (χ4n) is 2.41. The highest BCUT2D eigenvalue weighted by molar-refractivity contribution is 7.91. The normalized spacial score (nSPS) is 11.5. The zero-order chi connectivity index (χ0) is 17.2. The average molecular weight is 335 g/mol. The zero-order valence-electron chi connectivity index (χ0n) is 13.8. The van der Waals surface area contributed by atoms with Crippen molar-refractivity contribution in [3.8, 4) is 0 Å². The summed E-state index contributed by atoms with van der Waals surface area (Å²) in [5, 5.41) is 3.86. The minimum absolute atomic E-state index is 0.120. The molecular formula is C16H21N3O3S. The first-order valence-corrected chi connectivity index (χ1v) is 8.96. The lowest BCUT2D eigenvalue weighted by Crippen LogP contribution is -2.34. The fraction of sp³-hybridized carbons (Fsp3) is 0.375. The number of carbonyl (C=O) groups is 1. The van der Waals surface area contributed by atoms with Crippen LogP contribution in [0.1, 0.15) is 25.0 Å². The molecule has 0 aliphatic rings. The Morgan fingerprint density at radius 2 is 1.83 bits per heavy atom. The van der Waals surface area contributed by atoms with Crippen molar-refractivity contribution in [2.24, 2.45) is 0 Å². The molecule has 0 unspecified atom stereocenters. The molecule has 1 amide bonds. The second-order valence-electron chi connectivity index (χ2n) is 5.33. The lowest BCUT2D eigenvalue weighted by Gasteiger charge is -2.17. The molecule has 1 heterocycles. The van der Waals surface area contributed by atoms with Gasteiger partial charge in [0.25, 0.3) is 0 Å². The van der Waals surface area contributed by atoms with E-state index in [0.29, 0.717) is 18.7 Å². The molecule has 0 atom stereocenters. The molecule has 1 aromatic carbocycles. The molecule has 0 N–H and O–H groups in total. The second kappa shape index (κ2) is 6.54. The number of aromatic nitrogens is 2. The molecule has 0 spiro atoms. The SMILES string of the molecule is CCN(CC)C(=O)n1ccc(S(=O)(=O)c2ccc(C)cc2C)n1. The van der Waals surface area contributed by atoms with Gasteiger partial charge in [0.05, 0.1) is 4.90 Å². The van der Waals surface area contributed by atoms with Crippen LogP contribution < -0.4 is 0 Å². The maximum atomic E-state index is 12.7. The van der Waals surface area contributed by atoms with E-state index in [4.69, 9.17) is 0 Å². The average Bonchev–Trinajstić information content (AvgIpc) is 2.98. The van der Waals surface area contributed by atoms with Gasteiger partial charge in [0.2, 0.25) is 9.84 Å². The molecule has 6 nitrogen and oxygen atoms in total. The molecule has 0 aliphatic heterocycles.